The maximum Gasteiger partial charge on any atom is 0.0252 e. The predicted octanol–water partition coefficient (Wildman–Crippen LogP) is 1.40. The molecule has 104 valence electrons. The summed E-state index contributed by atoms with van der Waals surface area (Å²) in [5, 5.41) is 3.65. The summed E-state index contributed by atoms with van der Waals surface area (Å²) in [5.74, 6) is 1.81. The maximum atomic E-state index is 3.65. The van der Waals surface area contributed by atoms with Crippen LogP contribution in [0, 0.1) is 11.8 Å². The molecule has 3 nitrogen and oxygen atoms in total. The summed E-state index contributed by atoms with van der Waals surface area (Å²) in [7, 11) is 0. The highest BCUT2D eigenvalue weighted by Crippen LogP contribution is 2.33. The van der Waals surface area contributed by atoms with Crippen molar-refractivity contribution in [3.05, 3.63) is 0 Å². The van der Waals surface area contributed by atoms with Gasteiger partial charge in [0, 0.05) is 25.2 Å². The average Bonchev–Trinajstić information content (AvgIpc) is 2.42. The fraction of sp³-hybridized carbons (Fsp3) is 1.00. The normalized spacial score (nSPS) is 45.3. The highest BCUT2D eigenvalue weighted by molar-refractivity contribution is 4.95. The van der Waals surface area contributed by atoms with E-state index in [1.165, 1.54) is 52.0 Å². The lowest BCUT2D eigenvalue weighted by Crippen LogP contribution is -2.61. The van der Waals surface area contributed by atoms with Crippen molar-refractivity contribution in [3.8, 4) is 0 Å². The van der Waals surface area contributed by atoms with Crippen LogP contribution in [0.25, 0.3) is 0 Å². The summed E-state index contributed by atoms with van der Waals surface area (Å²) < 4.78 is 0. The fourth-order valence-electron chi connectivity index (χ4n) is 4.39. The number of nitrogens with one attached hydrogen (secondary N) is 1. The summed E-state index contributed by atoms with van der Waals surface area (Å²) >= 11 is 0. The SMILES string of the molecule is CCNC1CCN(C2CN3CCC2CC3)CC1C. The van der Waals surface area contributed by atoms with E-state index in [2.05, 4.69) is 29.0 Å². The van der Waals surface area contributed by atoms with Crippen molar-refractivity contribution >= 4 is 0 Å². The monoisotopic (exact) mass is 251 g/mol. The third-order valence-electron chi connectivity index (χ3n) is 5.49. The molecule has 0 amide bonds. The Hall–Kier alpha value is -0.120. The zero-order valence-corrected chi connectivity index (χ0v) is 12.1. The molecule has 4 saturated heterocycles. The number of likely N-dealkylation sites (tertiary alicyclic amines) is 1. The molecule has 4 heterocycles. The Morgan fingerprint density at radius 3 is 2.39 bits per heavy atom. The molecule has 0 saturated carbocycles. The molecule has 3 atom stereocenters. The smallest absolute Gasteiger partial charge is 0.0252 e. The largest absolute Gasteiger partial charge is 0.314 e. The first kappa shape index (κ1) is 12.9. The highest BCUT2D eigenvalue weighted by atomic mass is 15.3. The predicted molar refractivity (Wildman–Crippen MR) is 75.8 cm³/mol. The van der Waals surface area contributed by atoms with Crippen molar-refractivity contribution in [3.63, 3.8) is 0 Å². The molecule has 3 heteroatoms. The van der Waals surface area contributed by atoms with Crippen LogP contribution >= 0.6 is 0 Å². The fourth-order valence-corrected chi connectivity index (χ4v) is 4.39. The minimum atomic E-state index is 0.757. The van der Waals surface area contributed by atoms with Gasteiger partial charge in [0.1, 0.15) is 0 Å². The van der Waals surface area contributed by atoms with Crippen LogP contribution in [0.15, 0.2) is 0 Å². The van der Waals surface area contributed by atoms with Gasteiger partial charge in [0.05, 0.1) is 0 Å². The third-order valence-corrected chi connectivity index (χ3v) is 5.49. The number of piperidine rings is 4. The molecule has 1 N–H and O–H groups in total. The van der Waals surface area contributed by atoms with E-state index in [-0.39, 0.29) is 0 Å². The quantitative estimate of drug-likeness (QED) is 0.818. The lowest BCUT2D eigenvalue weighted by atomic mass is 9.81. The van der Waals surface area contributed by atoms with Crippen molar-refractivity contribution in [2.45, 2.75) is 45.2 Å². The molecular formula is C15H29N3. The Morgan fingerprint density at radius 2 is 1.83 bits per heavy atom. The number of nitrogens with zero attached hydrogens (tertiary/aromatic N) is 2. The molecular weight excluding hydrogens is 222 g/mol. The first-order valence-electron chi connectivity index (χ1n) is 7.97. The Labute approximate surface area is 112 Å². The molecule has 3 unspecified atom stereocenters. The van der Waals surface area contributed by atoms with Crippen LogP contribution < -0.4 is 5.32 Å². The second-order valence-corrected chi connectivity index (χ2v) is 6.63. The number of hydrogen-bond donors (Lipinski definition) is 1. The van der Waals surface area contributed by atoms with Gasteiger partial charge in [-0.25, -0.2) is 0 Å². The van der Waals surface area contributed by atoms with Crippen molar-refractivity contribution in [1.82, 2.24) is 15.1 Å². The van der Waals surface area contributed by atoms with Crippen LogP contribution in [0.4, 0.5) is 0 Å². The first-order valence-corrected chi connectivity index (χ1v) is 7.97. The average molecular weight is 251 g/mol. The molecule has 4 fully saturated rings. The zero-order chi connectivity index (χ0) is 12.5. The molecule has 4 aliphatic rings. The standard InChI is InChI=1S/C15H29N3/c1-3-16-14-6-9-18(10-12(14)2)15-11-17-7-4-13(15)5-8-17/h12-16H,3-11H2,1-2H3. The van der Waals surface area contributed by atoms with Crippen LogP contribution in [0.2, 0.25) is 0 Å². The molecule has 0 aromatic rings. The van der Waals surface area contributed by atoms with Crippen LogP contribution in [0.3, 0.4) is 0 Å². The van der Waals surface area contributed by atoms with Crippen molar-refractivity contribution in [1.29, 1.82) is 0 Å². The molecule has 4 aliphatic heterocycles. The maximum absolute atomic E-state index is 3.65. The van der Waals surface area contributed by atoms with E-state index in [0.29, 0.717) is 0 Å². The molecule has 0 aromatic heterocycles. The number of rotatable bonds is 3. The van der Waals surface area contributed by atoms with Crippen LogP contribution in [-0.4, -0.2) is 61.2 Å². The summed E-state index contributed by atoms with van der Waals surface area (Å²) in [6, 6.07) is 1.63. The first-order chi connectivity index (χ1) is 8.78. The summed E-state index contributed by atoms with van der Waals surface area (Å²) in [6.45, 7) is 12.5. The third kappa shape index (κ3) is 2.45. The van der Waals surface area contributed by atoms with E-state index in [9.17, 15) is 0 Å². The lowest BCUT2D eigenvalue weighted by molar-refractivity contribution is -0.0161. The highest BCUT2D eigenvalue weighted by Gasteiger charge is 2.39. The Balaban J connectivity index is 1.58. The van der Waals surface area contributed by atoms with E-state index >= 15 is 0 Å². The van der Waals surface area contributed by atoms with Crippen molar-refractivity contribution < 1.29 is 0 Å². The van der Waals surface area contributed by atoms with Gasteiger partial charge in [0.25, 0.3) is 0 Å². The van der Waals surface area contributed by atoms with Gasteiger partial charge >= 0.3 is 0 Å². The summed E-state index contributed by atoms with van der Waals surface area (Å²) in [4.78, 5) is 5.50. The van der Waals surface area contributed by atoms with Crippen molar-refractivity contribution in [2.75, 3.05) is 39.3 Å². The van der Waals surface area contributed by atoms with Gasteiger partial charge in [0.2, 0.25) is 0 Å². The van der Waals surface area contributed by atoms with Gasteiger partial charge in [-0.15, -0.1) is 0 Å². The molecule has 0 radical (unpaired) electrons. The van der Waals surface area contributed by atoms with Crippen molar-refractivity contribution in [2.24, 2.45) is 11.8 Å². The van der Waals surface area contributed by atoms with E-state index < -0.39 is 0 Å². The van der Waals surface area contributed by atoms with E-state index in [4.69, 9.17) is 0 Å². The van der Waals surface area contributed by atoms with Crippen LogP contribution in [0.1, 0.15) is 33.1 Å². The van der Waals surface area contributed by atoms with Gasteiger partial charge in [-0.1, -0.05) is 13.8 Å². The van der Waals surface area contributed by atoms with Gasteiger partial charge in [-0.05, 0) is 57.3 Å². The molecule has 18 heavy (non-hydrogen) atoms. The molecule has 0 aliphatic carbocycles. The zero-order valence-electron chi connectivity index (χ0n) is 12.1. The molecule has 4 rings (SSSR count). The van der Waals surface area contributed by atoms with Gasteiger partial charge in [0.15, 0.2) is 0 Å². The van der Waals surface area contributed by atoms with Crippen LogP contribution in [-0.2, 0) is 0 Å². The van der Waals surface area contributed by atoms with Gasteiger partial charge < -0.3 is 10.2 Å². The summed E-state index contributed by atoms with van der Waals surface area (Å²) in [6.07, 6.45) is 4.25. The van der Waals surface area contributed by atoms with E-state index in [1.54, 1.807) is 0 Å². The Kier molecular flexibility index (Phi) is 3.92. The molecule has 0 aromatic carbocycles. The minimum Gasteiger partial charge on any atom is -0.314 e. The number of hydrogen-bond acceptors (Lipinski definition) is 3. The Morgan fingerprint density at radius 1 is 1.06 bits per heavy atom. The van der Waals surface area contributed by atoms with Gasteiger partial charge in [-0.3, -0.25) is 4.90 Å². The molecule has 0 spiro atoms. The number of fused-ring (bicyclic) bond motifs is 3. The van der Waals surface area contributed by atoms with E-state index in [1.807, 2.05) is 0 Å². The minimum absolute atomic E-state index is 0.757. The molecule has 2 bridgehead atoms. The Bertz CT molecular complexity index is 273. The van der Waals surface area contributed by atoms with Crippen LogP contribution in [0.5, 0.6) is 0 Å². The second kappa shape index (κ2) is 5.48. The van der Waals surface area contributed by atoms with E-state index in [0.717, 1.165) is 30.5 Å². The topological polar surface area (TPSA) is 18.5 Å². The lowest BCUT2D eigenvalue weighted by Gasteiger charge is -2.51. The van der Waals surface area contributed by atoms with Gasteiger partial charge in [-0.2, -0.15) is 0 Å². The second-order valence-electron chi connectivity index (χ2n) is 6.63. The summed E-state index contributed by atoms with van der Waals surface area (Å²) in [5.41, 5.74) is 0.